The second kappa shape index (κ2) is 6.55. The van der Waals surface area contributed by atoms with Crippen LogP contribution in [0.4, 0.5) is 0 Å². The van der Waals surface area contributed by atoms with Crippen molar-refractivity contribution in [2.75, 3.05) is 19.6 Å². The van der Waals surface area contributed by atoms with Crippen LogP contribution in [0.15, 0.2) is 0 Å². The van der Waals surface area contributed by atoms with E-state index in [1.165, 1.54) is 4.31 Å². The molecule has 0 aromatic carbocycles. The van der Waals surface area contributed by atoms with Gasteiger partial charge in [0.2, 0.25) is 0 Å². The molecule has 18 heavy (non-hydrogen) atoms. The van der Waals surface area contributed by atoms with Crippen molar-refractivity contribution in [2.45, 2.75) is 51.8 Å². The molecule has 0 saturated carbocycles. The molecule has 0 bridgehead atoms. The van der Waals surface area contributed by atoms with Crippen LogP contribution in [-0.2, 0) is 10.2 Å². The van der Waals surface area contributed by atoms with Gasteiger partial charge < -0.3 is 0 Å². The predicted octanol–water partition coefficient (Wildman–Crippen LogP) is 2.35. The van der Waals surface area contributed by atoms with Gasteiger partial charge in [0.15, 0.2) is 0 Å². The molecule has 0 spiro atoms. The summed E-state index contributed by atoms with van der Waals surface area (Å²) in [4.78, 5) is 0. The maximum atomic E-state index is 12.0. The first-order valence-corrected chi connectivity index (χ1v) is 8.47. The molecule has 1 N–H and O–H groups in total. The standard InChI is InChI=1S/C12H25ClN2O2S/c1-12(2,3)9-11(13)10-14-18(16,17)15-7-5-4-6-8-15/h11,14H,4-10H2,1-3H3. The quantitative estimate of drug-likeness (QED) is 0.792. The van der Waals surface area contributed by atoms with E-state index in [9.17, 15) is 8.42 Å². The summed E-state index contributed by atoms with van der Waals surface area (Å²) in [6.07, 6.45) is 3.81. The van der Waals surface area contributed by atoms with Crippen molar-refractivity contribution in [2.24, 2.45) is 5.41 Å². The van der Waals surface area contributed by atoms with Crippen LogP contribution in [0.1, 0.15) is 46.5 Å². The molecule has 6 heteroatoms. The summed E-state index contributed by atoms with van der Waals surface area (Å²) in [6, 6.07) is 0. The van der Waals surface area contributed by atoms with Gasteiger partial charge in [0.05, 0.1) is 0 Å². The lowest BCUT2D eigenvalue weighted by atomic mass is 9.90. The van der Waals surface area contributed by atoms with E-state index in [1.807, 2.05) is 0 Å². The largest absolute Gasteiger partial charge is 0.279 e. The zero-order valence-corrected chi connectivity index (χ0v) is 13.1. The van der Waals surface area contributed by atoms with Gasteiger partial charge in [0.25, 0.3) is 10.2 Å². The number of nitrogens with zero attached hydrogens (tertiary/aromatic N) is 1. The molecule has 0 radical (unpaired) electrons. The van der Waals surface area contributed by atoms with Gasteiger partial charge in [-0.25, -0.2) is 4.72 Å². The number of nitrogens with one attached hydrogen (secondary N) is 1. The lowest BCUT2D eigenvalue weighted by molar-refractivity contribution is 0.338. The SMILES string of the molecule is CC(C)(C)CC(Cl)CNS(=O)(=O)N1CCCCC1. The number of alkyl halides is 1. The summed E-state index contributed by atoms with van der Waals surface area (Å²) < 4.78 is 28.2. The summed E-state index contributed by atoms with van der Waals surface area (Å²) in [6.45, 7) is 7.85. The van der Waals surface area contributed by atoms with E-state index < -0.39 is 10.2 Å². The van der Waals surface area contributed by atoms with E-state index in [-0.39, 0.29) is 10.8 Å². The maximum Gasteiger partial charge on any atom is 0.279 e. The highest BCUT2D eigenvalue weighted by Gasteiger charge is 2.25. The summed E-state index contributed by atoms with van der Waals surface area (Å²) in [5, 5.41) is -0.162. The molecule has 0 aromatic heterocycles. The third kappa shape index (κ3) is 5.87. The molecular weight excluding hydrogens is 272 g/mol. The first kappa shape index (κ1) is 16.2. The van der Waals surface area contributed by atoms with Gasteiger partial charge in [0, 0.05) is 25.0 Å². The van der Waals surface area contributed by atoms with E-state index >= 15 is 0 Å². The average molecular weight is 297 g/mol. The van der Waals surface area contributed by atoms with Crippen LogP contribution >= 0.6 is 11.6 Å². The lowest BCUT2D eigenvalue weighted by Gasteiger charge is -2.27. The number of halogens is 1. The van der Waals surface area contributed by atoms with Crippen molar-refractivity contribution in [3.8, 4) is 0 Å². The highest BCUT2D eigenvalue weighted by molar-refractivity contribution is 7.87. The highest BCUT2D eigenvalue weighted by atomic mass is 35.5. The van der Waals surface area contributed by atoms with Crippen molar-refractivity contribution in [1.29, 1.82) is 0 Å². The van der Waals surface area contributed by atoms with E-state index in [1.54, 1.807) is 0 Å². The van der Waals surface area contributed by atoms with Crippen LogP contribution in [-0.4, -0.2) is 37.7 Å². The molecule has 1 rings (SSSR count). The Hall–Kier alpha value is 0.160. The molecule has 4 nitrogen and oxygen atoms in total. The van der Waals surface area contributed by atoms with Gasteiger partial charge in [0.1, 0.15) is 0 Å². The molecule has 1 aliphatic rings. The Labute approximate surface area is 116 Å². The number of piperidine rings is 1. The Morgan fingerprint density at radius 1 is 1.22 bits per heavy atom. The molecule has 0 aromatic rings. The average Bonchev–Trinajstić information content (AvgIpc) is 2.26. The van der Waals surface area contributed by atoms with Crippen LogP contribution in [0.5, 0.6) is 0 Å². The fourth-order valence-electron chi connectivity index (χ4n) is 2.13. The molecular formula is C12H25ClN2O2S. The number of hydrogen-bond donors (Lipinski definition) is 1. The zero-order valence-electron chi connectivity index (χ0n) is 11.6. The second-order valence-electron chi connectivity index (χ2n) is 6.18. The molecule has 1 saturated heterocycles. The van der Waals surface area contributed by atoms with Crippen LogP contribution in [0.3, 0.4) is 0 Å². The van der Waals surface area contributed by atoms with Crippen LogP contribution < -0.4 is 4.72 Å². The first-order valence-electron chi connectivity index (χ1n) is 6.59. The molecule has 108 valence electrons. The van der Waals surface area contributed by atoms with Gasteiger partial charge in [-0.05, 0) is 24.7 Å². The maximum absolute atomic E-state index is 12.0. The van der Waals surface area contributed by atoms with Gasteiger partial charge in [-0.15, -0.1) is 11.6 Å². The van der Waals surface area contributed by atoms with Crippen LogP contribution in [0.25, 0.3) is 0 Å². The normalized spacial score (nSPS) is 20.9. The third-order valence-electron chi connectivity index (χ3n) is 2.98. The molecule has 1 fully saturated rings. The number of hydrogen-bond acceptors (Lipinski definition) is 2. The Balaban J connectivity index is 2.41. The van der Waals surface area contributed by atoms with Gasteiger partial charge >= 0.3 is 0 Å². The Bertz CT molecular complexity index is 346. The summed E-state index contributed by atoms with van der Waals surface area (Å²) in [5.41, 5.74) is 0.114. The molecule has 1 aliphatic heterocycles. The Morgan fingerprint density at radius 3 is 2.28 bits per heavy atom. The fourth-order valence-corrected chi connectivity index (χ4v) is 4.09. The Kier molecular flexibility index (Phi) is 5.90. The van der Waals surface area contributed by atoms with E-state index in [4.69, 9.17) is 11.6 Å². The van der Waals surface area contributed by atoms with Crippen molar-refractivity contribution < 1.29 is 8.42 Å². The minimum Gasteiger partial charge on any atom is -0.201 e. The van der Waals surface area contributed by atoms with Crippen molar-refractivity contribution in [1.82, 2.24) is 9.03 Å². The molecule has 0 amide bonds. The second-order valence-corrected chi connectivity index (χ2v) is 8.55. The topological polar surface area (TPSA) is 49.4 Å². The third-order valence-corrected chi connectivity index (χ3v) is 4.86. The molecule has 0 aliphatic carbocycles. The highest BCUT2D eigenvalue weighted by Crippen LogP contribution is 2.23. The van der Waals surface area contributed by atoms with Crippen molar-refractivity contribution in [3.05, 3.63) is 0 Å². The lowest BCUT2D eigenvalue weighted by Crippen LogP contribution is -2.45. The van der Waals surface area contributed by atoms with E-state index in [0.717, 1.165) is 25.7 Å². The van der Waals surface area contributed by atoms with Crippen molar-refractivity contribution in [3.63, 3.8) is 0 Å². The minimum absolute atomic E-state index is 0.114. The molecule has 1 atom stereocenters. The van der Waals surface area contributed by atoms with Gasteiger partial charge in [-0.1, -0.05) is 27.2 Å². The molecule has 1 unspecified atom stereocenters. The van der Waals surface area contributed by atoms with E-state index in [2.05, 4.69) is 25.5 Å². The van der Waals surface area contributed by atoms with Gasteiger partial charge in [-0.2, -0.15) is 12.7 Å². The molecule has 1 heterocycles. The summed E-state index contributed by atoms with van der Waals surface area (Å²) in [7, 11) is -3.34. The first-order chi connectivity index (χ1) is 8.21. The van der Waals surface area contributed by atoms with Crippen LogP contribution in [0, 0.1) is 5.41 Å². The zero-order chi connectivity index (χ0) is 13.8. The summed E-state index contributed by atoms with van der Waals surface area (Å²) in [5.74, 6) is 0. The monoisotopic (exact) mass is 296 g/mol. The smallest absolute Gasteiger partial charge is 0.201 e. The van der Waals surface area contributed by atoms with Crippen LogP contribution in [0.2, 0.25) is 0 Å². The predicted molar refractivity (Wildman–Crippen MR) is 76.1 cm³/mol. The summed E-state index contributed by atoms with van der Waals surface area (Å²) >= 11 is 6.16. The van der Waals surface area contributed by atoms with E-state index in [0.29, 0.717) is 19.6 Å². The fraction of sp³-hybridized carbons (Fsp3) is 1.00. The van der Waals surface area contributed by atoms with Crippen molar-refractivity contribution >= 4 is 21.8 Å². The Morgan fingerprint density at radius 2 is 1.78 bits per heavy atom. The number of rotatable bonds is 5. The minimum atomic E-state index is -3.34. The van der Waals surface area contributed by atoms with Gasteiger partial charge in [-0.3, -0.25) is 0 Å².